The number of benzene rings is 1. The Balaban J connectivity index is 1.73. The molecule has 5 nitrogen and oxygen atoms in total. The molecule has 22 heavy (non-hydrogen) atoms. The standard InChI is InChI=1S/C16H18FNO4/c1-9(16(20)21)8-18(11-5-6-11)15(19)13-7-10-3-2-4-12(17)14(10)22-13/h2-4,9,11,13H,5-8H2,1H3,(H,20,21). The molecule has 0 bridgehead atoms. The van der Waals surface area contributed by atoms with E-state index in [1.807, 2.05) is 0 Å². The highest BCUT2D eigenvalue weighted by Crippen LogP contribution is 2.34. The maximum atomic E-state index is 13.7. The number of halogens is 1. The van der Waals surface area contributed by atoms with Gasteiger partial charge in [-0.2, -0.15) is 0 Å². The normalized spacial score (nSPS) is 20.9. The zero-order valence-corrected chi connectivity index (χ0v) is 12.3. The molecule has 1 heterocycles. The summed E-state index contributed by atoms with van der Waals surface area (Å²) in [6.45, 7) is 1.74. The predicted octanol–water partition coefficient (Wildman–Crippen LogP) is 1.84. The van der Waals surface area contributed by atoms with Crippen LogP contribution in [0.3, 0.4) is 0 Å². The van der Waals surface area contributed by atoms with Crippen LogP contribution in [0.2, 0.25) is 0 Å². The first-order valence-corrected chi connectivity index (χ1v) is 7.44. The van der Waals surface area contributed by atoms with E-state index >= 15 is 0 Å². The smallest absolute Gasteiger partial charge is 0.308 e. The number of carbonyl (C=O) groups is 2. The Hall–Kier alpha value is -2.11. The van der Waals surface area contributed by atoms with Crippen molar-refractivity contribution in [3.63, 3.8) is 0 Å². The van der Waals surface area contributed by atoms with Gasteiger partial charge in [0.1, 0.15) is 0 Å². The van der Waals surface area contributed by atoms with Crippen LogP contribution in [0.25, 0.3) is 0 Å². The molecule has 2 aliphatic rings. The molecule has 0 spiro atoms. The van der Waals surface area contributed by atoms with Gasteiger partial charge in [0.25, 0.3) is 5.91 Å². The fourth-order valence-corrected chi connectivity index (χ4v) is 2.73. The first kappa shape index (κ1) is 14.8. The van der Waals surface area contributed by atoms with Gasteiger partial charge in [0, 0.05) is 24.6 Å². The Morgan fingerprint density at radius 1 is 1.45 bits per heavy atom. The van der Waals surface area contributed by atoms with Gasteiger partial charge >= 0.3 is 5.97 Å². The number of aliphatic carboxylic acids is 1. The quantitative estimate of drug-likeness (QED) is 0.901. The van der Waals surface area contributed by atoms with Gasteiger partial charge in [-0.25, -0.2) is 4.39 Å². The van der Waals surface area contributed by atoms with Gasteiger partial charge in [-0.1, -0.05) is 19.1 Å². The lowest BCUT2D eigenvalue weighted by molar-refractivity contribution is -0.145. The summed E-state index contributed by atoms with van der Waals surface area (Å²) in [5, 5.41) is 9.04. The van der Waals surface area contributed by atoms with E-state index in [0.29, 0.717) is 12.0 Å². The van der Waals surface area contributed by atoms with Crippen molar-refractivity contribution in [2.45, 2.75) is 38.3 Å². The summed E-state index contributed by atoms with van der Waals surface area (Å²) in [5.41, 5.74) is 0.681. The maximum Gasteiger partial charge on any atom is 0.308 e. The Kier molecular flexibility index (Phi) is 3.76. The molecule has 0 aromatic heterocycles. The van der Waals surface area contributed by atoms with E-state index in [1.54, 1.807) is 24.0 Å². The number of carbonyl (C=O) groups excluding carboxylic acids is 1. The van der Waals surface area contributed by atoms with E-state index in [0.717, 1.165) is 12.8 Å². The molecule has 2 atom stereocenters. The summed E-state index contributed by atoms with van der Waals surface area (Å²) in [6, 6.07) is 4.73. The molecule has 6 heteroatoms. The number of rotatable bonds is 5. The Bertz CT molecular complexity index is 614. The second-order valence-corrected chi connectivity index (χ2v) is 6.00. The number of carboxylic acid groups (broad SMARTS) is 1. The summed E-state index contributed by atoms with van der Waals surface area (Å²) in [4.78, 5) is 25.3. The van der Waals surface area contributed by atoms with Crippen molar-refractivity contribution in [3.8, 4) is 5.75 Å². The minimum atomic E-state index is -0.930. The fraction of sp³-hybridized carbons (Fsp3) is 0.500. The van der Waals surface area contributed by atoms with Crippen LogP contribution in [0.15, 0.2) is 18.2 Å². The van der Waals surface area contributed by atoms with Crippen LogP contribution in [0.1, 0.15) is 25.3 Å². The monoisotopic (exact) mass is 307 g/mol. The highest BCUT2D eigenvalue weighted by molar-refractivity contribution is 5.84. The third kappa shape index (κ3) is 2.77. The SMILES string of the molecule is CC(CN(C(=O)C1Cc2cccc(F)c2O1)C1CC1)C(=O)O. The molecular formula is C16H18FNO4. The van der Waals surface area contributed by atoms with Crippen molar-refractivity contribution in [2.24, 2.45) is 5.92 Å². The van der Waals surface area contributed by atoms with Crippen LogP contribution < -0.4 is 4.74 Å². The molecule has 3 rings (SSSR count). The molecule has 1 aromatic carbocycles. The molecule has 0 radical (unpaired) electrons. The van der Waals surface area contributed by atoms with Crippen LogP contribution in [0.4, 0.5) is 4.39 Å². The van der Waals surface area contributed by atoms with E-state index in [1.165, 1.54) is 6.07 Å². The Labute approximate surface area is 127 Å². The van der Waals surface area contributed by atoms with Crippen LogP contribution in [0.5, 0.6) is 5.75 Å². The lowest BCUT2D eigenvalue weighted by atomic mass is 10.1. The summed E-state index contributed by atoms with van der Waals surface area (Å²) in [6.07, 6.45) is 1.34. The van der Waals surface area contributed by atoms with Gasteiger partial charge in [0.2, 0.25) is 0 Å². The van der Waals surface area contributed by atoms with Crippen molar-refractivity contribution < 1.29 is 23.8 Å². The third-order valence-corrected chi connectivity index (χ3v) is 4.15. The summed E-state index contributed by atoms with van der Waals surface area (Å²) < 4.78 is 19.2. The van der Waals surface area contributed by atoms with Crippen LogP contribution >= 0.6 is 0 Å². The number of hydrogen-bond donors (Lipinski definition) is 1. The molecule has 2 unspecified atom stereocenters. The molecule has 1 saturated carbocycles. The number of amides is 1. The third-order valence-electron chi connectivity index (χ3n) is 4.15. The van der Waals surface area contributed by atoms with E-state index in [4.69, 9.17) is 9.84 Å². The molecule has 1 amide bonds. The Morgan fingerprint density at radius 2 is 2.18 bits per heavy atom. The van der Waals surface area contributed by atoms with Gasteiger partial charge in [-0.05, 0) is 18.9 Å². The van der Waals surface area contributed by atoms with Crippen LogP contribution in [-0.4, -0.2) is 40.6 Å². The van der Waals surface area contributed by atoms with E-state index in [9.17, 15) is 14.0 Å². The van der Waals surface area contributed by atoms with E-state index in [2.05, 4.69) is 0 Å². The molecule has 1 fully saturated rings. The number of para-hydroxylation sites is 1. The molecule has 118 valence electrons. The van der Waals surface area contributed by atoms with Crippen molar-refractivity contribution in [3.05, 3.63) is 29.6 Å². The molecule has 0 saturated heterocycles. The minimum Gasteiger partial charge on any atom is -0.481 e. The van der Waals surface area contributed by atoms with Gasteiger partial charge in [0.05, 0.1) is 5.92 Å². The molecule has 1 aliphatic carbocycles. The second-order valence-electron chi connectivity index (χ2n) is 6.00. The molecule has 1 N–H and O–H groups in total. The molecular weight excluding hydrogens is 289 g/mol. The number of nitrogens with zero attached hydrogens (tertiary/aromatic N) is 1. The molecule has 1 aliphatic heterocycles. The number of hydrogen-bond acceptors (Lipinski definition) is 3. The van der Waals surface area contributed by atoms with Crippen molar-refractivity contribution in [2.75, 3.05) is 6.54 Å². The van der Waals surface area contributed by atoms with Crippen molar-refractivity contribution >= 4 is 11.9 Å². The highest BCUT2D eigenvalue weighted by atomic mass is 19.1. The fourth-order valence-electron chi connectivity index (χ4n) is 2.73. The number of fused-ring (bicyclic) bond motifs is 1. The van der Waals surface area contributed by atoms with Crippen LogP contribution in [0, 0.1) is 11.7 Å². The van der Waals surface area contributed by atoms with Gasteiger partial charge in [-0.3, -0.25) is 9.59 Å². The predicted molar refractivity (Wildman–Crippen MR) is 76.1 cm³/mol. The molecule has 1 aromatic rings. The van der Waals surface area contributed by atoms with E-state index in [-0.39, 0.29) is 24.2 Å². The van der Waals surface area contributed by atoms with Crippen LogP contribution in [-0.2, 0) is 16.0 Å². The van der Waals surface area contributed by atoms with Gasteiger partial charge < -0.3 is 14.7 Å². The van der Waals surface area contributed by atoms with E-state index < -0.39 is 23.8 Å². The highest BCUT2D eigenvalue weighted by Gasteiger charge is 2.40. The van der Waals surface area contributed by atoms with Crippen molar-refractivity contribution in [1.82, 2.24) is 4.90 Å². The topological polar surface area (TPSA) is 66.8 Å². The second kappa shape index (κ2) is 5.59. The minimum absolute atomic E-state index is 0.0893. The maximum absolute atomic E-state index is 13.7. The summed E-state index contributed by atoms with van der Waals surface area (Å²) >= 11 is 0. The number of carboxylic acids is 1. The summed E-state index contributed by atoms with van der Waals surface area (Å²) in [7, 11) is 0. The van der Waals surface area contributed by atoms with Gasteiger partial charge in [0.15, 0.2) is 17.7 Å². The largest absolute Gasteiger partial charge is 0.481 e. The lowest BCUT2D eigenvalue weighted by Gasteiger charge is -2.26. The van der Waals surface area contributed by atoms with Gasteiger partial charge in [-0.15, -0.1) is 0 Å². The number of ether oxygens (including phenoxy) is 1. The zero-order chi connectivity index (χ0) is 15.9. The first-order valence-electron chi connectivity index (χ1n) is 7.44. The zero-order valence-electron chi connectivity index (χ0n) is 12.3. The summed E-state index contributed by atoms with van der Waals surface area (Å²) in [5.74, 6) is -2.14. The van der Waals surface area contributed by atoms with Crippen molar-refractivity contribution in [1.29, 1.82) is 0 Å². The Morgan fingerprint density at radius 3 is 2.77 bits per heavy atom. The first-order chi connectivity index (χ1) is 10.5. The lowest BCUT2D eigenvalue weighted by Crippen LogP contribution is -2.45. The average molecular weight is 307 g/mol. The average Bonchev–Trinajstić information content (AvgIpc) is 3.22.